The second-order valence-electron chi connectivity index (χ2n) is 5.57. The summed E-state index contributed by atoms with van der Waals surface area (Å²) in [6, 6.07) is 0. The highest BCUT2D eigenvalue weighted by atomic mass is 15.2. The molecule has 0 aromatic carbocycles. The Morgan fingerprint density at radius 3 is 1.40 bits per heavy atom. The quantitative estimate of drug-likeness (QED) is 0.538. The van der Waals surface area contributed by atoms with Gasteiger partial charge in [-0.05, 0) is 46.7 Å². The molecule has 0 aliphatic carbocycles. The second-order valence-corrected chi connectivity index (χ2v) is 5.57. The molecule has 0 atom stereocenters. The molecule has 0 N–H and O–H groups in total. The normalized spacial score (nSPS) is 12.4. The summed E-state index contributed by atoms with van der Waals surface area (Å²) in [5, 5.41) is 0. The first-order valence-corrected chi connectivity index (χ1v) is 6.77. The van der Waals surface area contributed by atoms with Gasteiger partial charge < -0.3 is 0 Å². The van der Waals surface area contributed by atoms with Crippen molar-refractivity contribution in [3.63, 3.8) is 0 Å². The molecule has 0 spiro atoms. The largest absolute Gasteiger partial charge is 0.298 e. The van der Waals surface area contributed by atoms with Gasteiger partial charge in [0.1, 0.15) is 0 Å². The Labute approximate surface area is 97.2 Å². The molecular weight excluding hydrogens is 182 g/mol. The van der Waals surface area contributed by atoms with E-state index in [4.69, 9.17) is 0 Å². The van der Waals surface area contributed by atoms with Crippen LogP contribution in [0.3, 0.4) is 0 Å². The Balaban J connectivity index is 3.85. The summed E-state index contributed by atoms with van der Waals surface area (Å²) in [4.78, 5) is 2.65. The van der Waals surface area contributed by atoms with E-state index in [1.807, 2.05) is 0 Å². The fraction of sp³-hybridized carbons (Fsp3) is 1.00. The molecule has 92 valence electrons. The van der Waals surface area contributed by atoms with Crippen molar-refractivity contribution < 1.29 is 0 Å². The van der Waals surface area contributed by atoms with Crippen molar-refractivity contribution in [1.29, 1.82) is 0 Å². The molecule has 0 fully saturated rings. The lowest BCUT2D eigenvalue weighted by atomic mass is 10.0. The van der Waals surface area contributed by atoms with Crippen LogP contribution in [0.5, 0.6) is 0 Å². The van der Waals surface area contributed by atoms with Crippen LogP contribution in [0.2, 0.25) is 0 Å². The second kappa shape index (κ2) is 8.15. The van der Waals surface area contributed by atoms with Gasteiger partial charge in [-0.15, -0.1) is 0 Å². The van der Waals surface area contributed by atoms with Crippen molar-refractivity contribution in [2.24, 2.45) is 0 Å². The number of hydrogen-bond acceptors (Lipinski definition) is 1. The van der Waals surface area contributed by atoms with Crippen LogP contribution in [-0.4, -0.2) is 23.5 Å². The molecular formula is C14H31N. The lowest BCUT2D eigenvalue weighted by molar-refractivity contribution is 0.131. The molecule has 0 radical (unpaired) electrons. The standard InChI is InChI=1S/C14H31N/c1-6-8-10-12-15(14(3,4)5)13-11-9-7-2/h6-13H2,1-5H3. The Bertz CT molecular complexity index is 125. The van der Waals surface area contributed by atoms with E-state index < -0.39 is 0 Å². The van der Waals surface area contributed by atoms with Crippen LogP contribution in [0, 0.1) is 0 Å². The Morgan fingerprint density at radius 1 is 0.733 bits per heavy atom. The molecule has 0 aliphatic heterocycles. The SMILES string of the molecule is CCCCCN(CCCCC)C(C)(C)C. The van der Waals surface area contributed by atoms with Crippen LogP contribution in [0.1, 0.15) is 73.1 Å². The predicted octanol–water partition coefficient (Wildman–Crippen LogP) is 4.47. The van der Waals surface area contributed by atoms with E-state index in [-0.39, 0.29) is 0 Å². The van der Waals surface area contributed by atoms with E-state index in [1.165, 1.54) is 51.6 Å². The number of rotatable bonds is 8. The smallest absolute Gasteiger partial charge is 0.0125 e. The topological polar surface area (TPSA) is 3.24 Å². The summed E-state index contributed by atoms with van der Waals surface area (Å²) in [6.07, 6.45) is 8.13. The van der Waals surface area contributed by atoms with Crippen molar-refractivity contribution in [2.75, 3.05) is 13.1 Å². The maximum Gasteiger partial charge on any atom is 0.0125 e. The molecule has 0 saturated carbocycles. The van der Waals surface area contributed by atoms with Crippen molar-refractivity contribution in [3.8, 4) is 0 Å². The van der Waals surface area contributed by atoms with Crippen LogP contribution in [-0.2, 0) is 0 Å². The van der Waals surface area contributed by atoms with Crippen molar-refractivity contribution in [3.05, 3.63) is 0 Å². The van der Waals surface area contributed by atoms with Gasteiger partial charge in [0.2, 0.25) is 0 Å². The molecule has 0 aromatic rings. The van der Waals surface area contributed by atoms with Gasteiger partial charge in [-0.1, -0.05) is 39.5 Å². The van der Waals surface area contributed by atoms with Gasteiger partial charge in [0.25, 0.3) is 0 Å². The molecule has 0 saturated heterocycles. The average Bonchev–Trinajstić information content (AvgIpc) is 2.14. The Kier molecular flexibility index (Phi) is 8.13. The van der Waals surface area contributed by atoms with E-state index >= 15 is 0 Å². The molecule has 1 nitrogen and oxygen atoms in total. The molecule has 0 rings (SSSR count). The highest BCUT2D eigenvalue weighted by molar-refractivity contribution is 4.75. The lowest BCUT2D eigenvalue weighted by Gasteiger charge is -2.35. The van der Waals surface area contributed by atoms with Crippen molar-refractivity contribution in [1.82, 2.24) is 4.90 Å². The summed E-state index contributed by atoms with van der Waals surface area (Å²) >= 11 is 0. The van der Waals surface area contributed by atoms with Crippen LogP contribution < -0.4 is 0 Å². The Morgan fingerprint density at radius 2 is 1.13 bits per heavy atom. The fourth-order valence-corrected chi connectivity index (χ4v) is 1.89. The van der Waals surface area contributed by atoms with E-state index in [0.717, 1.165) is 0 Å². The first-order chi connectivity index (χ1) is 7.02. The zero-order valence-corrected chi connectivity index (χ0v) is 11.6. The van der Waals surface area contributed by atoms with E-state index in [2.05, 4.69) is 39.5 Å². The van der Waals surface area contributed by atoms with Gasteiger partial charge in [-0.25, -0.2) is 0 Å². The summed E-state index contributed by atoms with van der Waals surface area (Å²) < 4.78 is 0. The third-order valence-corrected chi connectivity index (χ3v) is 3.01. The van der Waals surface area contributed by atoms with Gasteiger partial charge >= 0.3 is 0 Å². The zero-order chi connectivity index (χ0) is 11.7. The summed E-state index contributed by atoms with van der Waals surface area (Å²) in [7, 11) is 0. The van der Waals surface area contributed by atoms with Gasteiger partial charge in [0, 0.05) is 5.54 Å². The zero-order valence-electron chi connectivity index (χ0n) is 11.6. The number of hydrogen-bond donors (Lipinski definition) is 0. The molecule has 15 heavy (non-hydrogen) atoms. The van der Waals surface area contributed by atoms with Gasteiger partial charge in [-0.3, -0.25) is 4.90 Å². The molecule has 0 amide bonds. The predicted molar refractivity (Wildman–Crippen MR) is 70.4 cm³/mol. The van der Waals surface area contributed by atoms with Crippen LogP contribution in [0.4, 0.5) is 0 Å². The minimum atomic E-state index is 0.349. The van der Waals surface area contributed by atoms with Crippen LogP contribution in [0.25, 0.3) is 0 Å². The number of unbranched alkanes of at least 4 members (excludes halogenated alkanes) is 4. The average molecular weight is 213 g/mol. The van der Waals surface area contributed by atoms with Crippen molar-refractivity contribution >= 4 is 0 Å². The fourth-order valence-electron chi connectivity index (χ4n) is 1.89. The Hall–Kier alpha value is -0.0400. The van der Waals surface area contributed by atoms with Crippen LogP contribution >= 0.6 is 0 Å². The molecule has 1 heteroatoms. The third kappa shape index (κ3) is 7.84. The third-order valence-electron chi connectivity index (χ3n) is 3.01. The van der Waals surface area contributed by atoms with Gasteiger partial charge in [0.05, 0.1) is 0 Å². The monoisotopic (exact) mass is 213 g/mol. The lowest BCUT2D eigenvalue weighted by Crippen LogP contribution is -2.42. The first-order valence-electron chi connectivity index (χ1n) is 6.77. The van der Waals surface area contributed by atoms with Gasteiger partial charge in [-0.2, -0.15) is 0 Å². The highest BCUT2D eigenvalue weighted by Crippen LogP contribution is 2.15. The summed E-state index contributed by atoms with van der Waals surface area (Å²) in [6.45, 7) is 14.1. The highest BCUT2D eigenvalue weighted by Gasteiger charge is 2.19. The summed E-state index contributed by atoms with van der Waals surface area (Å²) in [5.74, 6) is 0. The maximum atomic E-state index is 2.65. The molecule has 0 aromatic heterocycles. The minimum Gasteiger partial charge on any atom is -0.298 e. The first kappa shape index (κ1) is 15.0. The minimum absolute atomic E-state index is 0.349. The van der Waals surface area contributed by atoms with Gasteiger partial charge in [0.15, 0.2) is 0 Å². The number of nitrogens with zero attached hydrogens (tertiary/aromatic N) is 1. The molecule has 0 bridgehead atoms. The van der Waals surface area contributed by atoms with E-state index in [1.54, 1.807) is 0 Å². The van der Waals surface area contributed by atoms with E-state index in [9.17, 15) is 0 Å². The van der Waals surface area contributed by atoms with Crippen molar-refractivity contribution in [2.45, 2.75) is 78.7 Å². The van der Waals surface area contributed by atoms with Crippen LogP contribution in [0.15, 0.2) is 0 Å². The molecule has 0 heterocycles. The maximum absolute atomic E-state index is 2.65. The van der Waals surface area contributed by atoms with E-state index in [0.29, 0.717) is 5.54 Å². The molecule has 0 aliphatic rings. The summed E-state index contributed by atoms with van der Waals surface area (Å²) in [5.41, 5.74) is 0.349. The molecule has 0 unspecified atom stereocenters.